The van der Waals surface area contributed by atoms with Crippen LogP contribution in [0.1, 0.15) is 5.56 Å². The summed E-state index contributed by atoms with van der Waals surface area (Å²) in [4.78, 5) is 7.87. The Bertz CT molecular complexity index is 1370. The average Bonchev–Trinajstić information content (AvgIpc) is 3.15. The lowest BCUT2D eigenvalue weighted by atomic mass is 10.2. The largest absolute Gasteiger partial charge is 0.379 e. The molecule has 8 nitrogen and oxygen atoms in total. The summed E-state index contributed by atoms with van der Waals surface area (Å²) in [6.07, 6.45) is 0. The van der Waals surface area contributed by atoms with Gasteiger partial charge in [0.25, 0.3) is 0 Å². The van der Waals surface area contributed by atoms with Crippen molar-refractivity contribution in [2.45, 2.75) is 15.8 Å². The summed E-state index contributed by atoms with van der Waals surface area (Å²) in [6, 6.07) is 11.3. The lowest BCUT2D eigenvalue weighted by Gasteiger charge is -2.26. The SMILES string of the molecule is O=S(=O)(c1ccc2[nH]c3nc(SCc4cccc(F)c4)nnc3c2c1)N1CCOCC1. The number of rotatable bonds is 5. The fraction of sp³-hybridized carbons (Fsp3) is 0.250. The van der Waals surface area contributed by atoms with E-state index in [-0.39, 0.29) is 10.7 Å². The molecule has 2 aromatic heterocycles. The van der Waals surface area contributed by atoms with Gasteiger partial charge in [0.2, 0.25) is 15.2 Å². The Balaban J connectivity index is 1.44. The van der Waals surface area contributed by atoms with Gasteiger partial charge >= 0.3 is 0 Å². The number of sulfonamides is 1. The second-order valence-corrected chi connectivity index (χ2v) is 9.94. The summed E-state index contributed by atoms with van der Waals surface area (Å²) in [5.74, 6) is 0.221. The highest BCUT2D eigenvalue weighted by Crippen LogP contribution is 2.28. The molecule has 1 aliphatic rings. The molecule has 3 heterocycles. The summed E-state index contributed by atoms with van der Waals surface area (Å²) in [7, 11) is -3.61. The third kappa shape index (κ3) is 4.01. The Hall–Kier alpha value is -2.60. The molecule has 2 aromatic carbocycles. The van der Waals surface area contributed by atoms with Gasteiger partial charge in [0, 0.05) is 29.7 Å². The quantitative estimate of drug-likeness (QED) is 0.458. The zero-order valence-corrected chi connectivity index (χ0v) is 17.9. The second kappa shape index (κ2) is 8.15. The zero-order valence-electron chi connectivity index (χ0n) is 16.3. The van der Waals surface area contributed by atoms with E-state index in [1.54, 1.807) is 24.3 Å². The minimum Gasteiger partial charge on any atom is -0.379 e. The minimum atomic E-state index is -3.61. The normalized spacial score (nSPS) is 15.6. The molecule has 0 saturated carbocycles. The van der Waals surface area contributed by atoms with Crippen molar-refractivity contribution in [1.82, 2.24) is 24.5 Å². The number of morpholine rings is 1. The molecule has 0 radical (unpaired) electrons. The van der Waals surface area contributed by atoms with Gasteiger partial charge in [-0.3, -0.25) is 0 Å². The van der Waals surface area contributed by atoms with Crippen LogP contribution in [0.2, 0.25) is 0 Å². The molecule has 0 amide bonds. The standard InChI is InChI=1S/C20H18FN5O3S2/c21-14-3-1-2-13(10-14)12-30-20-23-19-18(24-25-20)16-11-15(4-5-17(16)22-19)31(27,28)26-6-8-29-9-7-26/h1-5,10-11H,6-9,12H2,(H,22,23,25). The number of thioether (sulfide) groups is 1. The highest BCUT2D eigenvalue weighted by molar-refractivity contribution is 7.98. The van der Waals surface area contributed by atoms with Crippen LogP contribution in [-0.2, 0) is 20.5 Å². The molecular formula is C20H18FN5O3S2. The molecule has 31 heavy (non-hydrogen) atoms. The molecule has 0 bridgehead atoms. The maximum atomic E-state index is 13.3. The van der Waals surface area contributed by atoms with Crippen molar-refractivity contribution in [3.05, 3.63) is 53.8 Å². The summed E-state index contributed by atoms with van der Waals surface area (Å²) in [6.45, 7) is 1.45. The smallest absolute Gasteiger partial charge is 0.243 e. The molecule has 1 saturated heterocycles. The van der Waals surface area contributed by atoms with Crippen LogP contribution in [0.25, 0.3) is 22.1 Å². The third-order valence-corrected chi connectivity index (χ3v) is 7.83. The molecule has 1 aliphatic heterocycles. The summed E-state index contributed by atoms with van der Waals surface area (Å²) < 4.78 is 46.0. The van der Waals surface area contributed by atoms with Gasteiger partial charge < -0.3 is 9.72 Å². The molecular weight excluding hydrogens is 441 g/mol. The maximum Gasteiger partial charge on any atom is 0.243 e. The second-order valence-electron chi connectivity index (χ2n) is 7.06. The maximum absolute atomic E-state index is 13.3. The Kier molecular flexibility index (Phi) is 5.34. The lowest BCUT2D eigenvalue weighted by Crippen LogP contribution is -2.40. The molecule has 0 aliphatic carbocycles. The van der Waals surface area contributed by atoms with Gasteiger partial charge in [-0.15, -0.1) is 10.2 Å². The van der Waals surface area contributed by atoms with Crippen LogP contribution in [-0.4, -0.2) is 59.2 Å². The summed E-state index contributed by atoms with van der Waals surface area (Å²) in [5, 5.41) is 9.52. The fourth-order valence-electron chi connectivity index (χ4n) is 3.47. The number of aromatic nitrogens is 4. The Labute approximate surface area is 181 Å². The van der Waals surface area contributed by atoms with Gasteiger partial charge in [-0.25, -0.2) is 17.8 Å². The van der Waals surface area contributed by atoms with Crippen LogP contribution < -0.4 is 0 Å². The summed E-state index contributed by atoms with van der Waals surface area (Å²) >= 11 is 1.35. The van der Waals surface area contributed by atoms with E-state index < -0.39 is 10.0 Å². The van der Waals surface area contributed by atoms with Crippen molar-refractivity contribution >= 4 is 43.9 Å². The number of fused-ring (bicyclic) bond motifs is 3. The Morgan fingerprint density at radius 3 is 2.77 bits per heavy atom. The zero-order chi connectivity index (χ0) is 21.4. The monoisotopic (exact) mass is 459 g/mol. The number of halogens is 1. The lowest BCUT2D eigenvalue weighted by molar-refractivity contribution is 0.0730. The van der Waals surface area contributed by atoms with Crippen LogP contribution in [0.3, 0.4) is 0 Å². The first kappa shape index (κ1) is 20.3. The minimum absolute atomic E-state index is 0.203. The fourth-order valence-corrected chi connectivity index (χ4v) is 5.63. The number of nitrogens with one attached hydrogen (secondary N) is 1. The van der Waals surface area contributed by atoms with Crippen molar-refractivity contribution in [2.75, 3.05) is 26.3 Å². The number of benzene rings is 2. The van der Waals surface area contributed by atoms with E-state index in [0.29, 0.717) is 53.8 Å². The number of ether oxygens (including phenoxy) is 1. The number of aromatic amines is 1. The molecule has 4 aromatic rings. The first-order chi connectivity index (χ1) is 15.0. The Morgan fingerprint density at radius 2 is 1.97 bits per heavy atom. The molecule has 5 rings (SSSR count). The van der Waals surface area contributed by atoms with Crippen molar-refractivity contribution < 1.29 is 17.5 Å². The van der Waals surface area contributed by atoms with E-state index in [4.69, 9.17) is 4.74 Å². The van der Waals surface area contributed by atoms with Gasteiger partial charge in [-0.2, -0.15) is 4.31 Å². The topological polar surface area (TPSA) is 101 Å². The number of H-pyrrole nitrogens is 1. The van der Waals surface area contributed by atoms with Crippen LogP contribution in [0.15, 0.2) is 52.5 Å². The predicted molar refractivity (Wildman–Crippen MR) is 115 cm³/mol. The Morgan fingerprint density at radius 1 is 1.13 bits per heavy atom. The highest BCUT2D eigenvalue weighted by Gasteiger charge is 2.27. The highest BCUT2D eigenvalue weighted by atomic mass is 32.2. The first-order valence-corrected chi connectivity index (χ1v) is 12.0. The average molecular weight is 460 g/mol. The van der Waals surface area contributed by atoms with E-state index >= 15 is 0 Å². The van der Waals surface area contributed by atoms with E-state index in [1.165, 1.54) is 28.2 Å². The van der Waals surface area contributed by atoms with Gasteiger partial charge in [0.15, 0.2) is 5.65 Å². The van der Waals surface area contributed by atoms with Gasteiger partial charge in [-0.05, 0) is 35.9 Å². The summed E-state index contributed by atoms with van der Waals surface area (Å²) in [5.41, 5.74) is 2.57. The first-order valence-electron chi connectivity index (χ1n) is 9.62. The number of hydrogen-bond donors (Lipinski definition) is 1. The van der Waals surface area contributed by atoms with Crippen LogP contribution in [0, 0.1) is 5.82 Å². The van der Waals surface area contributed by atoms with E-state index in [2.05, 4.69) is 20.2 Å². The van der Waals surface area contributed by atoms with Crippen LogP contribution >= 0.6 is 11.8 Å². The van der Waals surface area contributed by atoms with E-state index in [0.717, 1.165) is 11.1 Å². The molecule has 160 valence electrons. The van der Waals surface area contributed by atoms with Crippen molar-refractivity contribution in [3.8, 4) is 0 Å². The van der Waals surface area contributed by atoms with Crippen LogP contribution in [0.5, 0.6) is 0 Å². The molecule has 0 spiro atoms. The van der Waals surface area contributed by atoms with Crippen molar-refractivity contribution in [2.24, 2.45) is 0 Å². The van der Waals surface area contributed by atoms with Crippen molar-refractivity contribution in [3.63, 3.8) is 0 Å². The van der Waals surface area contributed by atoms with Gasteiger partial charge in [0.1, 0.15) is 11.3 Å². The van der Waals surface area contributed by atoms with Crippen LogP contribution in [0.4, 0.5) is 4.39 Å². The molecule has 0 unspecified atom stereocenters. The number of hydrogen-bond acceptors (Lipinski definition) is 7. The van der Waals surface area contributed by atoms with Crippen molar-refractivity contribution in [1.29, 1.82) is 0 Å². The molecule has 1 N–H and O–H groups in total. The molecule has 11 heteroatoms. The number of nitrogens with zero attached hydrogens (tertiary/aromatic N) is 4. The van der Waals surface area contributed by atoms with E-state index in [1.807, 2.05) is 6.07 Å². The third-order valence-electron chi connectivity index (χ3n) is 5.03. The van der Waals surface area contributed by atoms with E-state index in [9.17, 15) is 12.8 Å². The predicted octanol–water partition coefficient (Wildman–Crippen LogP) is 2.96. The molecule has 0 atom stereocenters. The van der Waals surface area contributed by atoms with Gasteiger partial charge in [-0.1, -0.05) is 23.9 Å². The molecule has 1 fully saturated rings. The van der Waals surface area contributed by atoms with Gasteiger partial charge in [0.05, 0.1) is 18.1 Å².